The van der Waals surface area contributed by atoms with Crippen LogP contribution in [0.1, 0.15) is 11.1 Å². The summed E-state index contributed by atoms with van der Waals surface area (Å²) < 4.78 is 45.2. The third-order valence-electron chi connectivity index (χ3n) is 1.99. The van der Waals surface area contributed by atoms with Crippen LogP contribution in [0.2, 0.25) is 0 Å². The van der Waals surface area contributed by atoms with Crippen molar-refractivity contribution in [2.45, 2.75) is 19.7 Å². The molecule has 1 heterocycles. The van der Waals surface area contributed by atoms with Crippen LogP contribution < -0.4 is 9.47 Å². The number of pyridine rings is 1. The summed E-state index contributed by atoms with van der Waals surface area (Å²) in [5.74, 6) is -0.847. The fourth-order valence-electron chi connectivity index (χ4n) is 1.27. The lowest BCUT2D eigenvalue weighted by molar-refractivity contribution is -0.275. The molecule has 0 amide bonds. The molecular weight excluding hydrogens is 237 g/mol. The molecule has 0 atom stereocenters. The first-order chi connectivity index (χ1) is 7.89. The van der Waals surface area contributed by atoms with Gasteiger partial charge in [-0.1, -0.05) is 0 Å². The van der Waals surface area contributed by atoms with Crippen LogP contribution in [0.5, 0.6) is 11.6 Å². The van der Waals surface area contributed by atoms with Gasteiger partial charge in [0.05, 0.1) is 19.6 Å². The van der Waals surface area contributed by atoms with Gasteiger partial charge in [-0.3, -0.25) is 0 Å². The number of nitriles is 1. The van der Waals surface area contributed by atoms with Crippen LogP contribution in [0.3, 0.4) is 0 Å². The summed E-state index contributed by atoms with van der Waals surface area (Å²) in [4.78, 5) is 3.67. The van der Waals surface area contributed by atoms with Crippen molar-refractivity contribution in [1.29, 1.82) is 5.26 Å². The number of hydrogen-bond acceptors (Lipinski definition) is 4. The van der Waals surface area contributed by atoms with Crippen LogP contribution >= 0.6 is 0 Å². The Bertz CT molecular complexity index is 452. The molecule has 0 aliphatic heterocycles. The Balaban J connectivity index is 3.30. The second kappa shape index (κ2) is 4.91. The number of nitrogens with zero attached hydrogens (tertiary/aromatic N) is 2. The molecule has 0 saturated heterocycles. The van der Waals surface area contributed by atoms with Crippen LogP contribution in [0.25, 0.3) is 0 Å². The quantitative estimate of drug-likeness (QED) is 0.821. The Morgan fingerprint density at radius 2 is 2.12 bits per heavy atom. The average Bonchev–Trinajstić information content (AvgIpc) is 2.22. The Kier molecular flexibility index (Phi) is 3.78. The standard InChI is InChI=1S/C10H9F3N2O2/c1-6-5-15-9(16-2)8(7(6)3-4-14)17-10(11,12)13/h5H,3H2,1-2H3. The highest BCUT2D eigenvalue weighted by atomic mass is 19.4. The van der Waals surface area contributed by atoms with Crippen LogP contribution in [0.4, 0.5) is 13.2 Å². The van der Waals surface area contributed by atoms with Crippen molar-refractivity contribution < 1.29 is 22.6 Å². The van der Waals surface area contributed by atoms with Crippen molar-refractivity contribution in [3.63, 3.8) is 0 Å². The highest BCUT2D eigenvalue weighted by molar-refractivity contribution is 5.47. The zero-order chi connectivity index (χ0) is 13.1. The molecule has 1 aromatic rings. The minimum absolute atomic E-state index is 0.122. The van der Waals surface area contributed by atoms with Gasteiger partial charge in [0, 0.05) is 11.8 Å². The molecule has 0 unspecified atom stereocenters. The SMILES string of the molecule is COc1ncc(C)c(CC#N)c1OC(F)(F)F. The van der Waals surface area contributed by atoms with Gasteiger partial charge in [-0.15, -0.1) is 13.2 Å². The van der Waals surface area contributed by atoms with Gasteiger partial charge in [-0.25, -0.2) is 4.98 Å². The van der Waals surface area contributed by atoms with E-state index in [-0.39, 0.29) is 17.9 Å². The fourth-order valence-corrected chi connectivity index (χ4v) is 1.27. The van der Waals surface area contributed by atoms with Crippen molar-refractivity contribution in [3.05, 3.63) is 17.3 Å². The smallest absolute Gasteiger partial charge is 0.478 e. The predicted octanol–water partition coefficient (Wildman–Crippen LogP) is 2.36. The second-order valence-electron chi connectivity index (χ2n) is 3.14. The number of hydrogen-bond donors (Lipinski definition) is 0. The van der Waals surface area contributed by atoms with Crippen LogP contribution in [0.15, 0.2) is 6.20 Å². The zero-order valence-corrected chi connectivity index (χ0v) is 9.13. The van der Waals surface area contributed by atoms with Gasteiger partial charge in [0.15, 0.2) is 5.75 Å². The molecule has 0 spiro atoms. The Hall–Kier alpha value is -1.97. The Morgan fingerprint density at radius 3 is 2.59 bits per heavy atom. The fraction of sp³-hybridized carbons (Fsp3) is 0.400. The topological polar surface area (TPSA) is 55.1 Å². The summed E-state index contributed by atoms with van der Waals surface area (Å²) in [6.07, 6.45) is -3.74. The molecule has 4 nitrogen and oxygen atoms in total. The lowest BCUT2D eigenvalue weighted by atomic mass is 10.1. The first kappa shape index (κ1) is 13.1. The molecule has 1 rings (SSSR count). The van der Waals surface area contributed by atoms with Crippen molar-refractivity contribution in [1.82, 2.24) is 4.98 Å². The van der Waals surface area contributed by atoms with Gasteiger partial charge in [-0.2, -0.15) is 5.26 Å². The van der Waals surface area contributed by atoms with E-state index < -0.39 is 12.1 Å². The van der Waals surface area contributed by atoms with Gasteiger partial charge < -0.3 is 9.47 Å². The summed E-state index contributed by atoms with van der Waals surface area (Å²) in [7, 11) is 1.18. The number of halogens is 3. The third kappa shape index (κ3) is 3.24. The summed E-state index contributed by atoms with van der Waals surface area (Å²) >= 11 is 0. The van der Waals surface area contributed by atoms with Gasteiger partial charge >= 0.3 is 6.36 Å². The molecule has 0 fully saturated rings. The second-order valence-corrected chi connectivity index (χ2v) is 3.14. The molecule has 0 saturated carbocycles. The van der Waals surface area contributed by atoms with Crippen molar-refractivity contribution in [2.75, 3.05) is 7.11 Å². The largest absolute Gasteiger partial charge is 0.573 e. The molecule has 7 heteroatoms. The average molecular weight is 246 g/mol. The van der Waals surface area contributed by atoms with E-state index in [1.165, 1.54) is 13.3 Å². The van der Waals surface area contributed by atoms with E-state index in [1.54, 1.807) is 13.0 Å². The van der Waals surface area contributed by atoms with Crippen LogP contribution in [-0.2, 0) is 6.42 Å². The van der Waals surface area contributed by atoms with E-state index in [4.69, 9.17) is 5.26 Å². The Labute approximate surface area is 95.6 Å². The number of rotatable bonds is 3. The summed E-state index contributed by atoms with van der Waals surface area (Å²) in [5, 5.41) is 8.58. The zero-order valence-electron chi connectivity index (χ0n) is 9.13. The van der Waals surface area contributed by atoms with E-state index in [9.17, 15) is 13.2 Å². The van der Waals surface area contributed by atoms with Crippen molar-refractivity contribution >= 4 is 0 Å². The molecule has 17 heavy (non-hydrogen) atoms. The molecule has 92 valence electrons. The molecule has 0 N–H and O–H groups in total. The molecule has 0 radical (unpaired) electrons. The number of aryl methyl sites for hydroxylation is 1. The van der Waals surface area contributed by atoms with Crippen LogP contribution in [0, 0.1) is 18.3 Å². The van der Waals surface area contributed by atoms with Crippen molar-refractivity contribution in [3.8, 4) is 17.7 Å². The molecule has 0 aliphatic carbocycles. The number of methoxy groups -OCH3 is 1. The molecule has 0 aliphatic rings. The van der Waals surface area contributed by atoms with E-state index >= 15 is 0 Å². The highest BCUT2D eigenvalue weighted by Gasteiger charge is 2.34. The maximum Gasteiger partial charge on any atom is 0.573 e. The van der Waals surface area contributed by atoms with Crippen LogP contribution in [-0.4, -0.2) is 18.5 Å². The number of alkyl halides is 3. The summed E-state index contributed by atoms with van der Waals surface area (Å²) in [6.45, 7) is 1.54. The number of ether oxygens (including phenoxy) is 2. The Morgan fingerprint density at radius 1 is 1.47 bits per heavy atom. The lowest BCUT2D eigenvalue weighted by Gasteiger charge is -2.15. The normalized spacial score (nSPS) is 10.8. The van der Waals surface area contributed by atoms with E-state index in [1.807, 2.05) is 0 Å². The maximum absolute atomic E-state index is 12.2. The van der Waals surface area contributed by atoms with Gasteiger partial charge in [0.2, 0.25) is 0 Å². The first-order valence-electron chi connectivity index (χ1n) is 4.54. The van der Waals surface area contributed by atoms with E-state index in [2.05, 4.69) is 14.5 Å². The summed E-state index contributed by atoms with van der Waals surface area (Å²) in [6, 6.07) is 1.77. The highest BCUT2D eigenvalue weighted by Crippen LogP contribution is 2.35. The minimum Gasteiger partial charge on any atom is -0.478 e. The van der Waals surface area contributed by atoms with E-state index in [0.717, 1.165) is 0 Å². The predicted molar refractivity (Wildman–Crippen MR) is 51.5 cm³/mol. The maximum atomic E-state index is 12.2. The van der Waals surface area contributed by atoms with Gasteiger partial charge in [0.1, 0.15) is 0 Å². The molecule has 0 aromatic carbocycles. The first-order valence-corrected chi connectivity index (χ1v) is 4.54. The van der Waals surface area contributed by atoms with Gasteiger partial charge in [-0.05, 0) is 12.5 Å². The summed E-state index contributed by atoms with van der Waals surface area (Å²) in [5.41, 5.74) is 0.559. The number of aromatic nitrogens is 1. The molecular formula is C10H9F3N2O2. The molecule has 0 bridgehead atoms. The minimum atomic E-state index is -4.85. The van der Waals surface area contributed by atoms with E-state index in [0.29, 0.717) is 5.56 Å². The molecule has 1 aromatic heterocycles. The lowest BCUT2D eigenvalue weighted by Crippen LogP contribution is -2.19. The van der Waals surface area contributed by atoms with Crippen molar-refractivity contribution in [2.24, 2.45) is 0 Å². The monoisotopic (exact) mass is 246 g/mol. The third-order valence-corrected chi connectivity index (χ3v) is 1.99. The van der Waals surface area contributed by atoms with Gasteiger partial charge in [0.25, 0.3) is 5.88 Å².